The molecule has 0 aliphatic carbocycles. The predicted molar refractivity (Wildman–Crippen MR) is 172 cm³/mol. The van der Waals surface area contributed by atoms with Crippen molar-refractivity contribution in [3.63, 3.8) is 0 Å². The lowest BCUT2D eigenvalue weighted by Gasteiger charge is -2.43. The van der Waals surface area contributed by atoms with Gasteiger partial charge in [-0.3, -0.25) is 4.79 Å². The van der Waals surface area contributed by atoms with Crippen LogP contribution in [0.4, 0.5) is 35.2 Å². The number of morpholine rings is 1. The second kappa shape index (κ2) is 14.0. The van der Waals surface area contributed by atoms with Crippen molar-refractivity contribution in [3.05, 3.63) is 78.5 Å². The number of amides is 3. The summed E-state index contributed by atoms with van der Waals surface area (Å²) in [5.74, 6) is 0.183. The van der Waals surface area contributed by atoms with Gasteiger partial charge in [-0.2, -0.15) is 17.5 Å². The highest BCUT2D eigenvalue weighted by Crippen LogP contribution is 2.30. The number of nitrogens with one attached hydrogen (secondary N) is 1. The summed E-state index contributed by atoms with van der Waals surface area (Å²) in [6, 6.07) is 15.0. The number of hydrogen-bond donors (Lipinski definition) is 1. The lowest BCUT2D eigenvalue weighted by Crippen LogP contribution is -2.63. The van der Waals surface area contributed by atoms with E-state index in [1.54, 1.807) is 11.0 Å². The van der Waals surface area contributed by atoms with E-state index in [-0.39, 0.29) is 30.2 Å². The fraction of sp³-hybridized carbons (Fsp3) is 0.406. The first-order valence-corrected chi connectivity index (χ1v) is 17.1. The molecule has 3 saturated heterocycles. The lowest BCUT2D eigenvalue weighted by atomic mass is 10.1. The zero-order chi connectivity index (χ0) is 33.9. The number of urea groups is 1. The number of ether oxygens (including phenoxy) is 1. The van der Waals surface area contributed by atoms with Gasteiger partial charge < -0.3 is 29.7 Å². The van der Waals surface area contributed by atoms with E-state index in [4.69, 9.17) is 4.74 Å². The molecular formula is C32H36F3N7O5S. The smallest absolute Gasteiger partial charge is 0.378 e. The number of sulfonamides is 1. The Kier molecular flexibility index (Phi) is 9.75. The molecule has 3 aromatic rings. The molecule has 256 valence electrons. The molecule has 0 saturated carbocycles. The molecule has 48 heavy (non-hydrogen) atoms. The van der Waals surface area contributed by atoms with E-state index in [2.05, 4.69) is 15.2 Å². The quantitative estimate of drug-likeness (QED) is 0.420. The minimum atomic E-state index is -4.52. The van der Waals surface area contributed by atoms with Crippen molar-refractivity contribution in [2.45, 2.75) is 17.1 Å². The van der Waals surface area contributed by atoms with E-state index in [9.17, 15) is 31.2 Å². The largest absolute Gasteiger partial charge is 0.416 e. The molecule has 12 nitrogen and oxygen atoms in total. The number of carbonyl (C=O) groups excluding carboxylic acids is 2. The van der Waals surface area contributed by atoms with Gasteiger partial charge in [0.05, 0.1) is 18.8 Å². The number of carbonyl (C=O) groups is 2. The average molecular weight is 688 g/mol. The first-order valence-electron chi connectivity index (χ1n) is 15.6. The molecule has 3 aliphatic rings. The second-order valence-corrected chi connectivity index (χ2v) is 13.6. The fourth-order valence-electron chi connectivity index (χ4n) is 6.06. The normalized spacial score (nSPS) is 19.7. The highest BCUT2D eigenvalue weighted by atomic mass is 32.2. The Morgan fingerprint density at radius 1 is 0.792 bits per heavy atom. The predicted octanol–water partition coefficient (Wildman–Crippen LogP) is 3.19. The maximum absolute atomic E-state index is 14.1. The van der Waals surface area contributed by atoms with Crippen LogP contribution in [0.3, 0.4) is 0 Å². The molecule has 1 N–H and O–H groups in total. The highest BCUT2D eigenvalue weighted by molar-refractivity contribution is 7.89. The van der Waals surface area contributed by atoms with Crippen LogP contribution in [0, 0.1) is 0 Å². The Hall–Kier alpha value is -4.41. The first kappa shape index (κ1) is 33.5. The summed E-state index contributed by atoms with van der Waals surface area (Å²) in [5, 5.41) is 2.57. The van der Waals surface area contributed by atoms with Crippen molar-refractivity contribution in [1.29, 1.82) is 0 Å². The van der Waals surface area contributed by atoms with Gasteiger partial charge in [-0.15, -0.1) is 0 Å². The number of hydrogen-bond acceptors (Lipinski definition) is 8. The summed E-state index contributed by atoms with van der Waals surface area (Å²) in [5.41, 5.74) is 0.296. The number of aromatic nitrogens is 1. The third kappa shape index (κ3) is 7.34. The van der Waals surface area contributed by atoms with E-state index in [0.29, 0.717) is 58.3 Å². The molecule has 16 heteroatoms. The van der Waals surface area contributed by atoms with E-state index in [1.807, 2.05) is 35.2 Å². The van der Waals surface area contributed by atoms with Crippen LogP contribution in [0.2, 0.25) is 0 Å². The summed E-state index contributed by atoms with van der Waals surface area (Å²) in [4.78, 5) is 38.8. The minimum absolute atomic E-state index is 0.0451. The Bertz CT molecular complexity index is 1680. The Morgan fingerprint density at radius 2 is 1.46 bits per heavy atom. The van der Waals surface area contributed by atoms with Gasteiger partial charge in [-0.25, -0.2) is 18.2 Å². The lowest BCUT2D eigenvalue weighted by molar-refractivity contribution is -0.138. The molecule has 0 radical (unpaired) electrons. The van der Waals surface area contributed by atoms with Gasteiger partial charge >= 0.3 is 12.2 Å². The van der Waals surface area contributed by atoms with Crippen LogP contribution in [0.1, 0.15) is 5.56 Å². The summed E-state index contributed by atoms with van der Waals surface area (Å²) in [6.07, 6.45) is -3.24. The van der Waals surface area contributed by atoms with Crippen LogP contribution >= 0.6 is 0 Å². The van der Waals surface area contributed by atoms with Crippen molar-refractivity contribution < 1.29 is 35.9 Å². The molecular weight excluding hydrogens is 651 g/mol. The Labute approximate surface area is 276 Å². The minimum Gasteiger partial charge on any atom is -0.378 e. The van der Waals surface area contributed by atoms with Crippen LogP contribution in [-0.4, -0.2) is 118 Å². The number of nitrogens with zero attached hydrogens (tertiary/aromatic N) is 6. The maximum atomic E-state index is 14.1. The summed E-state index contributed by atoms with van der Waals surface area (Å²) >= 11 is 0. The summed E-state index contributed by atoms with van der Waals surface area (Å²) in [6.45, 7) is 3.67. The number of para-hydroxylation sites is 1. The number of alkyl halides is 3. The van der Waals surface area contributed by atoms with Crippen LogP contribution in [0.15, 0.2) is 77.8 Å². The van der Waals surface area contributed by atoms with E-state index in [0.717, 1.165) is 34.3 Å². The molecule has 1 atom stereocenters. The van der Waals surface area contributed by atoms with Crippen molar-refractivity contribution in [1.82, 2.24) is 19.1 Å². The number of anilines is 3. The van der Waals surface area contributed by atoms with Gasteiger partial charge in [-0.05, 0) is 48.5 Å². The van der Waals surface area contributed by atoms with E-state index in [1.165, 1.54) is 17.2 Å². The third-order valence-electron chi connectivity index (χ3n) is 8.74. The number of halogens is 3. The summed E-state index contributed by atoms with van der Waals surface area (Å²) < 4.78 is 73.7. The summed E-state index contributed by atoms with van der Waals surface area (Å²) in [7, 11) is -4.22. The molecule has 1 aromatic heterocycles. The van der Waals surface area contributed by atoms with Gasteiger partial charge in [0.1, 0.15) is 16.8 Å². The molecule has 0 bridgehead atoms. The molecule has 1 unspecified atom stereocenters. The molecule has 0 spiro atoms. The number of rotatable bonds is 6. The SMILES string of the molecule is O=C(Nc1ccc(C(F)(F)F)cc1)N1CCN(S(=O)(=O)c2ccc(N3CCOCC3)nc2)C(C(=O)N2CCN(c3ccccc3)CC2)C1. The number of benzene rings is 2. The van der Waals surface area contributed by atoms with Gasteiger partial charge in [0.25, 0.3) is 0 Å². The molecule has 3 amide bonds. The molecule has 6 rings (SSSR count). The van der Waals surface area contributed by atoms with Gasteiger partial charge in [0.2, 0.25) is 15.9 Å². The van der Waals surface area contributed by atoms with Crippen molar-refractivity contribution in [2.75, 3.05) is 87.2 Å². The molecule has 4 heterocycles. The zero-order valence-corrected chi connectivity index (χ0v) is 26.9. The standard InChI is InChI=1S/C32H36F3N7O5S/c33-32(34,35)24-6-8-25(9-7-24)37-31(44)41-16-17-42(48(45,46)27-10-11-29(36-22-27)39-18-20-47-21-19-39)28(23-41)30(43)40-14-12-38(13-15-40)26-4-2-1-3-5-26/h1-11,22,28H,12-21,23H2,(H,37,44). The first-order chi connectivity index (χ1) is 23.0. The van der Waals surface area contributed by atoms with E-state index < -0.39 is 39.7 Å². The number of pyridine rings is 1. The maximum Gasteiger partial charge on any atom is 0.416 e. The van der Waals surface area contributed by atoms with Crippen molar-refractivity contribution >= 4 is 39.2 Å². The number of piperazine rings is 2. The highest BCUT2D eigenvalue weighted by Gasteiger charge is 2.43. The third-order valence-corrected chi connectivity index (χ3v) is 10.6. The Morgan fingerprint density at radius 3 is 2.08 bits per heavy atom. The van der Waals surface area contributed by atoms with Gasteiger partial charge in [0.15, 0.2) is 0 Å². The van der Waals surface area contributed by atoms with Crippen LogP contribution in [0.5, 0.6) is 0 Å². The van der Waals surface area contributed by atoms with Crippen molar-refractivity contribution in [3.8, 4) is 0 Å². The van der Waals surface area contributed by atoms with Crippen molar-refractivity contribution in [2.24, 2.45) is 0 Å². The fourth-order valence-corrected chi connectivity index (χ4v) is 7.57. The Balaban J connectivity index is 1.20. The van der Waals surface area contributed by atoms with Crippen LogP contribution in [-0.2, 0) is 25.7 Å². The van der Waals surface area contributed by atoms with Crippen LogP contribution in [0.25, 0.3) is 0 Å². The zero-order valence-electron chi connectivity index (χ0n) is 26.1. The average Bonchev–Trinajstić information content (AvgIpc) is 3.12. The molecule has 3 aliphatic heterocycles. The molecule has 3 fully saturated rings. The van der Waals surface area contributed by atoms with E-state index >= 15 is 0 Å². The monoisotopic (exact) mass is 687 g/mol. The van der Waals surface area contributed by atoms with Crippen LogP contribution < -0.4 is 15.1 Å². The molecule has 2 aromatic carbocycles. The van der Waals surface area contributed by atoms with Gasteiger partial charge in [0, 0.05) is 76.5 Å². The van der Waals surface area contributed by atoms with Gasteiger partial charge in [-0.1, -0.05) is 18.2 Å². The topological polar surface area (TPSA) is 119 Å². The second-order valence-electron chi connectivity index (χ2n) is 11.7.